The van der Waals surface area contributed by atoms with Gasteiger partial charge in [0.2, 0.25) is 10.0 Å². The highest BCUT2D eigenvalue weighted by atomic mass is 32.2. The Morgan fingerprint density at radius 1 is 1.50 bits per heavy atom. The zero-order chi connectivity index (χ0) is 13.5. The van der Waals surface area contributed by atoms with E-state index >= 15 is 0 Å². The van der Waals surface area contributed by atoms with Crippen molar-refractivity contribution >= 4 is 15.9 Å². The maximum Gasteiger partial charge on any atom is 0.254 e. The molecule has 1 saturated carbocycles. The van der Waals surface area contributed by atoms with E-state index in [1.165, 1.54) is 0 Å². The lowest BCUT2D eigenvalue weighted by atomic mass is 10.2. The number of benzene rings is 1. The fourth-order valence-electron chi connectivity index (χ4n) is 1.63. The SMILES string of the molecule is CC1CC1NC(=O)c1ccc(S(N)(=O)=O)cc1F. The number of nitrogens with one attached hydrogen (secondary N) is 1. The van der Waals surface area contributed by atoms with Gasteiger partial charge in [-0.2, -0.15) is 0 Å². The molecule has 1 aliphatic rings. The second-order valence-corrected chi connectivity index (χ2v) is 6.04. The van der Waals surface area contributed by atoms with Gasteiger partial charge in [0.05, 0.1) is 10.5 Å². The molecule has 1 aliphatic carbocycles. The fraction of sp³-hybridized carbons (Fsp3) is 0.364. The van der Waals surface area contributed by atoms with E-state index in [4.69, 9.17) is 5.14 Å². The van der Waals surface area contributed by atoms with E-state index < -0.39 is 21.7 Å². The summed E-state index contributed by atoms with van der Waals surface area (Å²) in [4.78, 5) is 11.3. The van der Waals surface area contributed by atoms with Gasteiger partial charge in [-0.25, -0.2) is 17.9 Å². The van der Waals surface area contributed by atoms with Gasteiger partial charge in [0.25, 0.3) is 5.91 Å². The summed E-state index contributed by atoms with van der Waals surface area (Å²) in [5.41, 5.74) is -0.179. The Morgan fingerprint density at radius 3 is 2.56 bits per heavy atom. The predicted molar refractivity (Wildman–Crippen MR) is 62.8 cm³/mol. The van der Waals surface area contributed by atoms with Crippen molar-refractivity contribution in [3.8, 4) is 0 Å². The molecule has 98 valence electrons. The summed E-state index contributed by atoms with van der Waals surface area (Å²) in [5, 5.41) is 7.53. The van der Waals surface area contributed by atoms with Crippen LogP contribution < -0.4 is 10.5 Å². The number of nitrogens with two attached hydrogens (primary N) is 1. The summed E-state index contributed by atoms with van der Waals surface area (Å²) < 4.78 is 35.6. The molecule has 1 aromatic rings. The van der Waals surface area contributed by atoms with E-state index in [1.807, 2.05) is 6.92 Å². The van der Waals surface area contributed by atoms with Crippen LogP contribution in [0.2, 0.25) is 0 Å². The van der Waals surface area contributed by atoms with Crippen LogP contribution in [0.4, 0.5) is 4.39 Å². The maximum absolute atomic E-state index is 13.6. The van der Waals surface area contributed by atoms with Gasteiger partial charge in [-0.3, -0.25) is 4.79 Å². The molecule has 2 rings (SSSR count). The summed E-state index contributed by atoms with van der Waals surface area (Å²) in [6.07, 6.45) is 0.878. The smallest absolute Gasteiger partial charge is 0.254 e. The number of carbonyl (C=O) groups is 1. The van der Waals surface area contributed by atoms with E-state index in [0.29, 0.717) is 5.92 Å². The Kier molecular flexibility index (Phi) is 3.12. The topological polar surface area (TPSA) is 89.3 Å². The van der Waals surface area contributed by atoms with E-state index in [-0.39, 0.29) is 16.5 Å². The molecule has 0 heterocycles. The maximum atomic E-state index is 13.6. The van der Waals surface area contributed by atoms with Crippen LogP contribution in [-0.2, 0) is 10.0 Å². The van der Waals surface area contributed by atoms with Crippen molar-refractivity contribution in [3.63, 3.8) is 0 Å². The molecule has 5 nitrogen and oxygen atoms in total. The van der Waals surface area contributed by atoms with Crippen LogP contribution in [0.25, 0.3) is 0 Å². The van der Waals surface area contributed by atoms with E-state index in [1.54, 1.807) is 0 Å². The molecular weight excluding hydrogens is 259 g/mol. The van der Waals surface area contributed by atoms with Crippen LogP contribution in [0, 0.1) is 11.7 Å². The van der Waals surface area contributed by atoms with Crippen LogP contribution >= 0.6 is 0 Å². The van der Waals surface area contributed by atoms with Crippen molar-refractivity contribution in [2.24, 2.45) is 11.1 Å². The standard InChI is InChI=1S/C11H13FN2O3S/c1-6-4-10(6)14-11(15)8-3-2-7(5-9(8)12)18(13,16)17/h2-3,5-6,10H,4H2,1H3,(H,14,15)(H2,13,16,17). The summed E-state index contributed by atoms with van der Waals surface area (Å²) in [5.74, 6) is -1.03. The van der Waals surface area contributed by atoms with Gasteiger partial charge in [0, 0.05) is 6.04 Å². The van der Waals surface area contributed by atoms with Gasteiger partial charge in [-0.15, -0.1) is 0 Å². The van der Waals surface area contributed by atoms with Crippen molar-refractivity contribution in [3.05, 3.63) is 29.6 Å². The molecule has 0 aromatic heterocycles. The minimum Gasteiger partial charge on any atom is -0.349 e. The Hall–Kier alpha value is -1.47. The highest BCUT2D eigenvalue weighted by Gasteiger charge is 2.34. The normalized spacial score (nSPS) is 22.6. The third-order valence-corrected chi connectivity index (χ3v) is 3.85. The Bertz CT molecular complexity index is 600. The van der Waals surface area contributed by atoms with Crippen LogP contribution in [0.5, 0.6) is 0 Å². The first kappa shape index (κ1) is 13.0. The summed E-state index contributed by atoms with van der Waals surface area (Å²) in [6, 6.07) is 3.07. The molecule has 7 heteroatoms. The van der Waals surface area contributed by atoms with Gasteiger partial charge < -0.3 is 5.32 Å². The van der Waals surface area contributed by atoms with E-state index in [9.17, 15) is 17.6 Å². The summed E-state index contributed by atoms with van der Waals surface area (Å²) >= 11 is 0. The second-order valence-electron chi connectivity index (χ2n) is 4.48. The average molecular weight is 272 g/mol. The lowest BCUT2D eigenvalue weighted by Crippen LogP contribution is -2.27. The number of hydrogen-bond acceptors (Lipinski definition) is 3. The molecule has 0 aliphatic heterocycles. The number of carbonyl (C=O) groups excluding carboxylic acids is 1. The first-order valence-corrected chi connectivity index (χ1v) is 6.97. The van der Waals surface area contributed by atoms with Gasteiger partial charge >= 0.3 is 0 Å². The molecule has 2 unspecified atom stereocenters. The van der Waals surface area contributed by atoms with Crippen molar-refractivity contribution in [1.82, 2.24) is 5.32 Å². The zero-order valence-electron chi connectivity index (χ0n) is 9.68. The Balaban J connectivity index is 2.22. The van der Waals surface area contributed by atoms with E-state index in [0.717, 1.165) is 24.6 Å². The highest BCUT2D eigenvalue weighted by molar-refractivity contribution is 7.89. The Labute approximate surface area is 104 Å². The van der Waals surface area contributed by atoms with Crippen molar-refractivity contribution < 1.29 is 17.6 Å². The van der Waals surface area contributed by atoms with Crippen LogP contribution in [-0.4, -0.2) is 20.4 Å². The van der Waals surface area contributed by atoms with Crippen LogP contribution in [0.3, 0.4) is 0 Å². The third-order valence-electron chi connectivity index (χ3n) is 2.94. The quantitative estimate of drug-likeness (QED) is 0.845. The number of sulfonamides is 1. The summed E-state index contributed by atoms with van der Waals surface area (Å²) in [7, 11) is -3.96. The zero-order valence-corrected chi connectivity index (χ0v) is 10.5. The first-order valence-electron chi connectivity index (χ1n) is 5.42. The minimum atomic E-state index is -3.96. The molecule has 1 aromatic carbocycles. The average Bonchev–Trinajstić information content (AvgIpc) is 2.92. The molecule has 1 fully saturated rings. The molecule has 3 N–H and O–H groups in total. The van der Waals surface area contributed by atoms with Gasteiger partial charge in [0.15, 0.2) is 0 Å². The van der Waals surface area contributed by atoms with E-state index in [2.05, 4.69) is 5.32 Å². The van der Waals surface area contributed by atoms with Crippen LogP contribution in [0.1, 0.15) is 23.7 Å². The predicted octanol–water partition coefficient (Wildman–Crippen LogP) is 0.611. The molecule has 2 atom stereocenters. The number of amides is 1. The monoisotopic (exact) mass is 272 g/mol. The number of halogens is 1. The minimum absolute atomic E-state index is 0.0785. The molecule has 0 spiro atoms. The van der Waals surface area contributed by atoms with Crippen molar-refractivity contribution in [2.75, 3.05) is 0 Å². The molecule has 1 amide bonds. The highest BCUT2D eigenvalue weighted by Crippen LogP contribution is 2.29. The Morgan fingerprint density at radius 2 is 2.11 bits per heavy atom. The van der Waals surface area contributed by atoms with Gasteiger partial charge in [-0.05, 0) is 30.5 Å². The fourth-order valence-corrected chi connectivity index (χ4v) is 2.15. The largest absolute Gasteiger partial charge is 0.349 e. The molecule has 0 saturated heterocycles. The molecular formula is C11H13FN2O3S. The third kappa shape index (κ3) is 2.68. The first-order chi connectivity index (χ1) is 8.29. The molecule has 0 radical (unpaired) electrons. The molecule has 18 heavy (non-hydrogen) atoms. The number of hydrogen-bond donors (Lipinski definition) is 2. The summed E-state index contributed by atoms with van der Waals surface area (Å²) in [6.45, 7) is 1.98. The number of rotatable bonds is 3. The van der Waals surface area contributed by atoms with Crippen molar-refractivity contribution in [1.29, 1.82) is 0 Å². The molecule has 0 bridgehead atoms. The van der Waals surface area contributed by atoms with Gasteiger partial charge in [-0.1, -0.05) is 6.92 Å². The number of primary sulfonamides is 1. The lowest BCUT2D eigenvalue weighted by molar-refractivity contribution is 0.0945. The second kappa shape index (κ2) is 4.33. The lowest BCUT2D eigenvalue weighted by Gasteiger charge is -2.06. The van der Waals surface area contributed by atoms with Gasteiger partial charge in [0.1, 0.15) is 5.82 Å². The van der Waals surface area contributed by atoms with Crippen LogP contribution in [0.15, 0.2) is 23.1 Å². The van der Waals surface area contributed by atoms with Crippen molar-refractivity contribution in [2.45, 2.75) is 24.3 Å².